The topological polar surface area (TPSA) is 49.9 Å². The van der Waals surface area contributed by atoms with Gasteiger partial charge >= 0.3 is 0 Å². The highest BCUT2D eigenvalue weighted by Crippen LogP contribution is 2.30. The lowest BCUT2D eigenvalue weighted by Gasteiger charge is -2.07. The predicted octanol–water partition coefficient (Wildman–Crippen LogP) is 2.30. The number of nitrogens with zero attached hydrogens (tertiary/aromatic N) is 1. The van der Waals surface area contributed by atoms with E-state index in [-0.39, 0.29) is 5.82 Å². The Bertz CT molecular complexity index is 576. The van der Waals surface area contributed by atoms with Crippen molar-refractivity contribution in [2.24, 2.45) is 0 Å². The van der Waals surface area contributed by atoms with Crippen molar-refractivity contribution in [1.82, 2.24) is 15.3 Å². The predicted molar refractivity (Wildman–Crippen MR) is 70.8 cm³/mol. The highest BCUT2D eigenvalue weighted by molar-refractivity contribution is 5.66. The summed E-state index contributed by atoms with van der Waals surface area (Å²) in [6, 6.07) is 4.48. The van der Waals surface area contributed by atoms with E-state index >= 15 is 0 Å². The van der Waals surface area contributed by atoms with Crippen molar-refractivity contribution < 1.29 is 9.13 Å². The van der Waals surface area contributed by atoms with Crippen molar-refractivity contribution >= 4 is 0 Å². The van der Waals surface area contributed by atoms with E-state index in [2.05, 4.69) is 15.3 Å². The number of halogens is 1. The molecular weight excluding hydrogens is 245 g/mol. The second-order valence-corrected chi connectivity index (χ2v) is 4.72. The summed E-state index contributed by atoms with van der Waals surface area (Å²) in [5.74, 6) is 1.72. The molecule has 1 aliphatic heterocycles. The van der Waals surface area contributed by atoms with Gasteiger partial charge in [0.2, 0.25) is 0 Å². The van der Waals surface area contributed by atoms with E-state index in [1.165, 1.54) is 12.1 Å². The number of methoxy groups -OCH3 is 1. The third-order valence-electron chi connectivity index (χ3n) is 3.49. The molecule has 19 heavy (non-hydrogen) atoms. The van der Waals surface area contributed by atoms with Gasteiger partial charge in [0.25, 0.3) is 0 Å². The molecule has 1 saturated heterocycles. The number of ether oxygens (including phenoxy) is 1. The molecule has 4 nitrogen and oxygen atoms in total. The second kappa shape index (κ2) is 5.01. The Morgan fingerprint density at radius 3 is 3.05 bits per heavy atom. The molecule has 0 amide bonds. The summed E-state index contributed by atoms with van der Waals surface area (Å²) in [6.07, 6.45) is 2.82. The Kier molecular flexibility index (Phi) is 3.21. The van der Waals surface area contributed by atoms with Crippen LogP contribution in [0.2, 0.25) is 0 Å². The molecule has 0 aliphatic carbocycles. The van der Waals surface area contributed by atoms with Gasteiger partial charge in [0, 0.05) is 18.0 Å². The van der Waals surface area contributed by atoms with Crippen molar-refractivity contribution in [3.8, 4) is 17.0 Å². The van der Waals surface area contributed by atoms with Crippen molar-refractivity contribution in [2.45, 2.75) is 12.3 Å². The van der Waals surface area contributed by atoms with E-state index in [0.717, 1.165) is 31.0 Å². The van der Waals surface area contributed by atoms with E-state index in [1.807, 2.05) is 0 Å². The molecule has 2 aromatic rings. The van der Waals surface area contributed by atoms with Crippen LogP contribution in [-0.4, -0.2) is 30.2 Å². The zero-order chi connectivity index (χ0) is 13.2. The van der Waals surface area contributed by atoms with Gasteiger partial charge in [0.05, 0.1) is 19.0 Å². The van der Waals surface area contributed by atoms with Crippen LogP contribution in [-0.2, 0) is 0 Å². The van der Waals surface area contributed by atoms with Crippen molar-refractivity contribution in [3.63, 3.8) is 0 Å². The first kappa shape index (κ1) is 12.2. The van der Waals surface area contributed by atoms with Crippen LogP contribution < -0.4 is 10.1 Å². The molecule has 1 atom stereocenters. The number of benzene rings is 1. The Hall–Kier alpha value is -1.88. The van der Waals surface area contributed by atoms with Gasteiger partial charge in [-0.25, -0.2) is 9.37 Å². The quantitative estimate of drug-likeness (QED) is 0.891. The average Bonchev–Trinajstić information content (AvgIpc) is 3.09. The Morgan fingerprint density at radius 2 is 2.32 bits per heavy atom. The Balaban J connectivity index is 1.95. The molecule has 0 radical (unpaired) electrons. The van der Waals surface area contributed by atoms with E-state index in [4.69, 9.17) is 4.74 Å². The van der Waals surface area contributed by atoms with Gasteiger partial charge in [-0.3, -0.25) is 0 Å². The molecule has 2 heterocycles. The zero-order valence-corrected chi connectivity index (χ0v) is 10.7. The van der Waals surface area contributed by atoms with E-state index in [0.29, 0.717) is 17.2 Å². The van der Waals surface area contributed by atoms with Crippen molar-refractivity contribution in [3.05, 3.63) is 36.0 Å². The number of H-pyrrole nitrogens is 1. The molecule has 2 N–H and O–H groups in total. The fourth-order valence-corrected chi connectivity index (χ4v) is 2.46. The van der Waals surface area contributed by atoms with Gasteiger partial charge < -0.3 is 15.0 Å². The first-order chi connectivity index (χ1) is 9.28. The fourth-order valence-electron chi connectivity index (χ4n) is 2.46. The molecule has 5 heteroatoms. The van der Waals surface area contributed by atoms with Crippen molar-refractivity contribution in [2.75, 3.05) is 20.2 Å². The lowest BCUT2D eigenvalue weighted by atomic mass is 10.1. The minimum Gasteiger partial charge on any atom is -0.496 e. The van der Waals surface area contributed by atoms with Crippen LogP contribution in [0, 0.1) is 5.82 Å². The highest BCUT2D eigenvalue weighted by atomic mass is 19.1. The van der Waals surface area contributed by atoms with Crippen molar-refractivity contribution in [1.29, 1.82) is 0 Å². The maximum absolute atomic E-state index is 13.4. The van der Waals surface area contributed by atoms with Crippen LogP contribution in [0.5, 0.6) is 5.75 Å². The molecule has 0 spiro atoms. The summed E-state index contributed by atoms with van der Waals surface area (Å²) >= 11 is 0. The van der Waals surface area contributed by atoms with Crippen LogP contribution in [0.4, 0.5) is 4.39 Å². The summed E-state index contributed by atoms with van der Waals surface area (Å²) in [5, 5.41) is 3.31. The molecule has 1 fully saturated rings. The van der Waals surface area contributed by atoms with Crippen LogP contribution >= 0.6 is 0 Å². The minimum absolute atomic E-state index is 0.283. The SMILES string of the molecule is COc1ccc(F)cc1-c1cnc(C2CCNC2)[nH]1. The summed E-state index contributed by atoms with van der Waals surface area (Å²) < 4.78 is 18.6. The van der Waals surface area contributed by atoms with Gasteiger partial charge in [-0.15, -0.1) is 0 Å². The molecule has 1 unspecified atom stereocenters. The van der Waals surface area contributed by atoms with Gasteiger partial charge in [0.15, 0.2) is 0 Å². The molecular formula is C14H16FN3O. The largest absolute Gasteiger partial charge is 0.496 e. The molecule has 100 valence electrons. The monoisotopic (exact) mass is 261 g/mol. The molecule has 1 aromatic heterocycles. The van der Waals surface area contributed by atoms with E-state index < -0.39 is 0 Å². The first-order valence-electron chi connectivity index (χ1n) is 6.37. The molecule has 1 aromatic carbocycles. The first-order valence-corrected chi connectivity index (χ1v) is 6.37. The maximum atomic E-state index is 13.4. The number of hydrogen-bond acceptors (Lipinski definition) is 3. The van der Waals surface area contributed by atoms with Gasteiger partial charge in [0.1, 0.15) is 17.4 Å². The van der Waals surface area contributed by atoms with Crippen LogP contribution in [0.1, 0.15) is 18.2 Å². The van der Waals surface area contributed by atoms with E-state index in [9.17, 15) is 4.39 Å². The number of hydrogen-bond donors (Lipinski definition) is 2. The van der Waals surface area contributed by atoms with Crippen LogP contribution in [0.25, 0.3) is 11.3 Å². The normalized spacial score (nSPS) is 18.7. The minimum atomic E-state index is -0.283. The standard InChI is InChI=1S/C14H16FN3O/c1-19-13-3-2-10(15)6-11(13)12-8-17-14(18-12)9-4-5-16-7-9/h2-3,6,8-9,16H,4-5,7H2,1H3,(H,17,18). The molecule has 3 rings (SSSR count). The van der Waals surface area contributed by atoms with Crippen LogP contribution in [0.3, 0.4) is 0 Å². The highest BCUT2D eigenvalue weighted by Gasteiger charge is 2.20. The smallest absolute Gasteiger partial charge is 0.128 e. The molecule has 1 aliphatic rings. The average molecular weight is 261 g/mol. The fraction of sp³-hybridized carbons (Fsp3) is 0.357. The van der Waals surface area contributed by atoms with Gasteiger partial charge in [-0.05, 0) is 31.2 Å². The number of aromatic amines is 1. The third kappa shape index (κ3) is 2.33. The molecule has 0 saturated carbocycles. The third-order valence-corrected chi connectivity index (χ3v) is 3.49. The maximum Gasteiger partial charge on any atom is 0.128 e. The number of imidazole rings is 1. The lowest BCUT2D eigenvalue weighted by molar-refractivity contribution is 0.415. The zero-order valence-electron chi connectivity index (χ0n) is 10.7. The Morgan fingerprint density at radius 1 is 1.42 bits per heavy atom. The Labute approximate surface area is 111 Å². The summed E-state index contributed by atoms with van der Waals surface area (Å²) in [4.78, 5) is 7.68. The lowest BCUT2D eigenvalue weighted by Crippen LogP contribution is -2.08. The molecule has 0 bridgehead atoms. The summed E-state index contributed by atoms with van der Waals surface area (Å²) in [6.45, 7) is 1.96. The number of rotatable bonds is 3. The van der Waals surface area contributed by atoms with Gasteiger partial charge in [-0.2, -0.15) is 0 Å². The number of aromatic nitrogens is 2. The second-order valence-electron chi connectivity index (χ2n) is 4.72. The van der Waals surface area contributed by atoms with E-state index in [1.54, 1.807) is 19.4 Å². The number of nitrogens with one attached hydrogen (secondary N) is 2. The van der Waals surface area contributed by atoms with Crippen LogP contribution in [0.15, 0.2) is 24.4 Å². The summed E-state index contributed by atoms with van der Waals surface area (Å²) in [5.41, 5.74) is 1.49. The van der Waals surface area contributed by atoms with Gasteiger partial charge in [-0.1, -0.05) is 0 Å². The summed E-state index contributed by atoms with van der Waals surface area (Å²) in [7, 11) is 1.58.